The summed E-state index contributed by atoms with van der Waals surface area (Å²) in [6, 6.07) is 5.37. The van der Waals surface area contributed by atoms with E-state index in [1.807, 2.05) is 24.3 Å². The number of rotatable bonds is 10. The molecule has 11 nitrogen and oxygen atoms in total. The van der Waals surface area contributed by atoms with Crippen molar-refractivity contribution < 1.29 is 38.2 Å². The first-order chi connectivity index (χ1) is 20.6. The molecule has 3 rings (SSSR count). The third-order valence-corrected chi connectivity index (χ3v) is 7.16. The molecule has 0 aliphatic carbocycles. The van der Waals surface area contributed by atoms with Crippen LogP contribution in [0, 0.1) is 0 Å². The number of carbonyl (C=O) groups is 5. The molecule has 0 saturated carbocycles. The lowest BCUT2D eigenvalue weighted by Gasteiger charge is -2.38. The number of fused-ring (bicyclic) bond motifs is 1. The summed E-state index contributed by atoms with van der Waals surface area (Å²) in [7, 11) is 0. The number of para-hydroxylation sites is 1. The molecule has 248 valence electrons. The number of nitrogens with one attached hydrogen (secondary N) is 2. The number of benzene rings is 1. The van der Waals surface area contributed by atoms with Gasteiger partial charge in [-0.1, -0.05) is 18.2 Å². The minimum absolute atomic E-state index is 0.238. The second kappa shape index (κ2) is 13.3. The first-order valence-electron chi connectivity index (χ1n) is 15.5. The van der Waals surface area contributed by atoms with E-state index >= 15 is 0 Å². The van der Waals surface area contributed by atoms with Crippen molar-refractivity contribution in [3.05, 3.63) is 36.0 Å². The van der Waals surface area contributed by atoms with Crippen molar-refractivity contribution >= 4 is 40.5 Å². The molecule has 1 amide bonds. The largest absolute Gasteiger partial charge is 0.458 e. The quantitative estimate of drug-likeness (QED) is 0.163. The van der Waals surface area contributed by atoms with Crippen LogP contribution in [0.1, 0.15) is 105 Å². The zero-order valence-corrected chi connectivity index (χ0v) is 28.3. The summed E-state index contributed by atoms with van der Waals surface area (Å²) in [5.41, 5.74) is -3.78. The molecule has 0 spiro atoms. The van der Waals surface area contributed by atoms with E-state index in [2.05, 4.69) is 10.3 Å². The zero-order valence-electron chi connectivity index (χ0n) is 28.3. The van der Waals surface area contributed by atoms with Crippen molar-refractivity contribution in [1.82, 2.24) is 15.2 Å². The molecule has 2 atom stereocenters. The second-order valence-corrected chi connectivity index (χ2v) is 14.7. The van der Waals surface area contributed by atoms with Gasteiger partial charge in [0.2, 0.25) is 11.4 Å². The number of ether oxygens (including phenoxy) is 3. The Bertz CT molecular complexity index is 1400. The van der Waals surface area contributed by atoms with E-state index in [4.69, 9.17) is 14.2 Å². The van der Waals surface area contributed by atoms with Crippen LogP contribution in [-0.2, 0) is 33.4 Å². The second-order valence-electron chi connectivity index (χ2n) is 14.7. The third kappa shape index (κ3) is 9.15. The Balaban J connectivity index is 1.99. The van der Waals surface area contributed by atoms with Crippen LogP contribution in [0.2, 0.25) is 0 Å². The molecule has 0 unspecified atom stereocenters. The van der Waals surface area contributed by atoms with Crippen molar-refractivity contribution in [3.63, 3.8) is 0 Å². The van der Waals surface area contributed by atoms with Crippen molar-refractivity contribution in [1.29, 1.82) is 0 Å². The average Bonchev–Trinajstić information content (AvgIpc) is 3.55. The Labute approximate surface area is 265 Å². The van der Waals surface area contributed by atoms with Crippen LogP contribution in [0.3, 0.4) is 0 Å². The standard InChI is InChI=1S/C34H49N3O8/c1-21(27(39)37-19-13-16-25(37)28(40)43-31(2,3)4)36-34(29(41)44-32(5,6)7,30(42)45-33(8,9)10)18-17-26(38)23-20-35-24-15-12-11-14-22(23)24/h11-12,14-15,20-21,25,35-36H,13,16-19H2,1-10H3/t21-,25-/m0/s1. The van der Waals surface area contributed by atoms with E-state index < -0.39 is 58.2 Å². The molecule has 1 fully saturated rings. The number of aromatic nitrogens is 1. The van der Waals surface area contributed by atoms with Gasteiger partial charge in [-0.15, -0.1) is 0 Å². The smallest absolute Gasteiger partial charge is 0.338 e. The molecule has 2 aromatic rings. The van der Waals surface area contributed by atoms with Crippen LogP contribution in [0.15, 0.2) is 30.5 Å². The van der Waals surface area contributed by atoms with Crippen molar-refractivity contribution in [3.8, 4) is 0 Å². The van der Waals surface area contributed by atoms with Gasteiger partial charge in [-0.05, 0) is 94.6 Å². The maximum absolute atomic E-state index is 14.0. The fourth-order valence-electron chi connectivity index (χ4n) is 5.27. The van der Waals surface area contributed by atoms with Crippen LogP contribution in [0.5, 0.6) is 0 Å². The first kappa shape index (κ1) is 35.7. The Morgan fingerprint density at radius 1 is 0.889 bits per heavy atom. The van der Waals surface area contributed by atoms with E-state index in [0.717, 1.165) is 5.52 Å². The number of ketones is 1. The molecule has 45 heavy (non-hydrogen) atoms. The minimum atomic E-state index is -2.22. The highest BCUT2D eigenvalue weighted by molar-refractivity contribution is 6.10. The summed E-state index contributed by atoms with van der Waals surface area (Å²) >= 11 is 0. The summed E-state index contributed by atoms with van der Waals surface area (Å²) in [5.74, 6) is -3.27. The molecule has 1 saturated heterocycles. The number of aromatic amines is 1. The Morgan fingerprint density at radius 3 is 2.00 bits per heavy atom. The number of H-pyrrole nitrogens is 1. The fraction of sp³-hybridized carbons (Fsp3) is 0.618. The van der Waals surface area contributed by atoms with Crippen LogP contribution < -0.4 is 5.32 Å². The third-order valence-electron chi connectivity index (χ3n) is 7.16. The molecule has 2 heterocycles. The number of likely N-dealkylation sites (tertiary alicyclic amines) is 1. The van der Waals surface area contributed by atoms with E-state index in [0.29, 0.717) is 30.3 Å². The molecule has 0 bridgehead atoms. The van der Waals surface area contributed by atoms with Gasteiger partial charge in [-0.2, -0.15) is 0 Å². The first-order valence-corrected chi connectivity index (χ1v) is 15.5. The molecule has 1 aliphatic heterocycles. The minimum Gasteiger partial charge on any atom is -0.458 e. The van der Waals surface area contributed by atoms with Crippen molar-refractivity contribution in [2.45, 2.75) is 129 Å². The Kier molecular flexibility index (Phi) is 10.6. The average molecular weight is 628 g/mol. The number of nitrogens with zero attached hydrogens (tertiary/aromatic N) is 1. The summed E-state index contributed by atoms with van der Waals surface area (Å²) in [6.45, 7) is 17.0. The van der Waals surface area contributed by atoms with Gasteiger partial charge in [0.15, 0.2) is 5.78 Å². The summed E-state index contributed by atoms with van der Waals surface area (Å²) in [6.07, 6.45) is 2.03. The summed E-state index contributed by atoms with van der Waals surface area (Å²) in [5, 5.41) is 3.65. The maximum Gasteiger partial charge on any atom is 0.338 e. The number of amides is 1. The van der Waals surface area contributed by atoms with Gasteiger partial charge in [0, 0.05) is 35.6 Å². The highest BCUT2D eigenvalue weighted by Crippen LogP contribution is 2.29. The van der Waals surface area contributed by atoms with Crippen LogP contribution in [-0.4, -0.2) is 80.5 Å². The van der Waals surface area contributed by atoms with Crippen LogP contribution in [0.25, 0.3) is 10.9 Å². The normalized spacial score (nSPS) is 16.8. The fourth-order valence-corrected chi connectivity index (χ4v) is 5.27. The topological polar surface area (TPSA) is 144 Å². The monoisotopic (exact) mass is 627 g/mol. The maximum atomic E-state index is 14.0. The number of carbonyl (C=O) groups excluding carboxylic acids is 5. The summed E-state index contributed by atoms with van der Waals surface area (Å²) < 4.78 is 17.0. The van der Waals surface area contributed by atoms with Gasteiger partial charge in [0.25, 0.3) is 0 Å². The molecule has 0 radical (unpaired) electrons. The molecular formula is C34H49N3O8. The lowest BCUT2D eigenvalue weighted by atomic mass is 9.89. The van der Waals surface area contributed by atoms with Gasteiger partial charge < -0.3 is 24.1 Å². The molecular weight excluding hydrogens is 578 g/mol. The van der Waals surface area contributed by atoms with Gasteiger partial charge >= 0.3 is 17.9 Å². The number of hydrogen-bond donors (Lipinski definition) is 2. The summed E-state index contributed by atoms with van der Waals surface area (Å²) in [4.78, 5) is 72.9. The van der Waals surface area contributed by atoms with Crippen molar-refractivity contribution in [2.24, 2.45) is 0 Å². The lowest BCUT2D eigenvalue weighted by Crippen LogP contribution is -2.66. The van der Waals surface area contributed by atoms with E-state index in [9.17, 15) is 24.0 Å². The zero-order chi connectivity index (χ0) is 34.0. The van der Waals surface area contributed by atoms with Crippen LogP contribution >= 0.6 is 0 Å². The molecule has 1 aromatic carbocycles. The van der Waals surface area contributed by atoms with Gasteiger partial charge in [-0.25, -0.2) is 14.4 Å². The lowest BCUT2D eigenvalue weighted by molar-refractivity contribution is -0.180. The molecule has 1 aliphatic rings. The molecule has 2 N–H and O–H groups in total. The van der Waals surface area contributed by atoms with E-state index in [1.54, 1.807) is 68.5 Å². The van der Waals surface area contributed by atoms with E-state index in [-0.39, 0.29) is 18.6 Å². The van der Waals surface area contributed by atoms with E-state index in [1.165, 1.54) is 11.8 Å². The number of esters is 3. The SMILES string of the molecule is C[C@H](NC(CCC(=O)c1c[nH]c2ccccc12)(C(=O)OC(C)(C)C)C(=O)OC(C)(C)C)C(=O)N1CCC[C@H]1C(=O)OC(C)(C)C. The van der Waals surface area contributed by atoms with Crippen molar-refractivity contribution in [2.75, 3.05) is 6.54 Å². The highest BCUT2D eigenvalue weighted by Gasteiger charge is 2.53. The predicted molar refractivity (Wildman–Crippen MR) is 169 cm³/mol. The van der Waals surface area contributed by atoms with Crippen LogP contribution in [0.4, 0.5) is 0 Å². The molecule has 11 heteroatoms. The van der Waals surface area contributed by atoms with Gasteiger partial charge in [0.05, 0.1) is 6.04 Å². The van der Waals surface area contributed by atoms with Gasteiger partial charge in [-0.3, -0.25) is 14.9 Å². The Hall–Kier alpha value is -3.73. The molecule has 1 aromatic heterocycles. The predicted octanol–water partition coefficient (Wildman–Crippen LogP) is 4.86. The highest BCUT2D eigenvalue weighted by atomic mass is 16.6. The number of Topliss-reactive ketones (excluding diaryl/α,β-unsaturated/α-hetero) is 1. The Morgan fingerprint density at radius 2 is 1.44 bits per heavy atom. The number of hydrogen-bond acceptors (Lipinski definition) is 9. The van der Waals surface area contributed by atoms with Gasteiger partial charge in [0.1, 0.15) is 22.8 Å².